The summed E-state index contributed by atoms with van der Waals surface area (Å²) in [6.45, 7) is 3.13. The number of hydrogen-bond donors (Lipinski definition) is 0. The van der Waals surface area contributed by atoms with Gasteiger partial charge in [0.2, 0.25) is 0 Å². The fourth-order valence-electron chi connectivity index (χ4n) is 3.34. The molecule has 0 radical (unpaired) electrons. The summed E-state index contributed by atoms with van der Waals surface area (Å²) in [4.78, 5) is 19.7. The Bertz CT molecular complexity index is 1070. The Labute approximate surface area is 172 Å². The Kier molecular flexibility index (Phi) is 5.31. The molecule has 28 heavy (non-hydrogen) atoms. The van der Waals surface area contributed by atoms with Crippen LogP contribution in [-0.4, -0.2) is 30.1 Å². The van der Waals surface area contributed by atoms with Crippen molar-refractivity contribution < 1.29 is 9.53 Å². The lowest BCUT2D eigenvalue weighted by atomic mass is 10.1. The topological polar surface area (TPSA) is 66.2 Å². The van der Waals surface area contributed by atoms with Gasteiger partial charge in [0, 0.05) is 17.2 Å². The predicted octanol–water partition coefficient (Wildman–Crippen LogP) is 4.96. The van der Waals surface area contributed by atoms with E-state index in [-0.39, 0.29) is 12.0 Å². The van der Waals surface area contributed by atoms with E-state index in [0.29, 0.717) is 27.8 Å². The lowest BCUT2D eigenvalue weighted by molar-refractivity contribution is 0.0917. The number of aromatic nitrogens is 1. The van der Waals surface area contributed by atoms with Gasteiger partial charge in [0.15, 0.2) is 5.13 Å². The molecule has 1 aromatic heterocycles. The molecule has 0 spiro atoms. The van der Waals surface area contributed by atoms with Gasteiger partial charge in [0.1, 0.15) is 0 Å². The Morgan fingerprint density at radius 2 is 2.18 bits per heavy atom. The molecule has 0 bridgehead atoms. The van der Waals surface area contributed by atoms with Gasteiger partial charge in [0.25, 0.3) is 5.91 Å². The average molecular weight is 412 g/mol. The number of hydrogen-bond acceptors (Lipinski definition) is 5. The van der Waals surface area contributed by atoms with Crippen LogP contribution < -0.4 is 4.90 Å². The molecule has 1 aliphatic heterocycles. The van der Waals surface area contributed by atoms with Crippen LogP contribution in [-0.2, 0) is 4.74 Å². The summed E-state index contributed by atoms with van der Waals surface area (Å²) in [6.07, 6.45) is 1.92. The zero-order valence-electron chi connectivity index (χ0n) is 15.3. The van der Waals surface area contributed by atoms with Gasteiger partial charge < -0.3 is 4.74 Å². The van der Waals surface area contributed by atoms with Crippen molar-refractivity contribution in [1.82, 2.24) is 4.98 Å². The summed E-state index contributed by atoms with van der Waals surface area (Å²) >= 11 is 7.64. The molecule has 1 aliphatic rings. The Morgan fingerprint density at radius 1 is 1.39 bits per heavy atom. The highest BCUT2D eigenvalue weighted by Crippen LogP contribution is 2.34. The van der Waals surface area contributed by atoms with E-state index >= 15 is 0 Å². The van der Waals surface area contributed by atoms with Crippen LogP contribution in [0.5, 0.6) is 0 Å². The van der Waals surface area contributed by atoms with E-state index < -0.39 is 0 Å². The van der Waals surface area contributed by atoms with E-state index in [1.54, 1.807) is 29.2 Å². The maximum Gasteiger partial charge on any atom is 0.260 e. The van der Waals surface area contributed by atoms with E-state index in [0.717, 1.165) is 35.2 Å². The van der Waals surface area contributed by atoms with Gasteiger partial charge in [-0.05, 0) is 61.7 Å². The number of benzene rings is 2. The van der Waals surface area contributed by atoms with E-state index in [2.05, 4.69) is 6.07 Å². The molecule has 1 amide bonds. The number of anilines is 1. The van der Waals surface area contributed by atoms with Crippen molar-refractivity contribution in [3.05, 3.63) is 58.1 Å². The third-order valence-corrected chi connectivity index (χ3v) is 6.03. The molecule has 142 valence electrons. The molecule has 1 unspecified atom stereocenters. The number of nitriles is 1. The molecule has 1 saturated heterocycles. The number of thiazole rings is 1. The molecule has 2 aromatic carbocycles. The summed E-state index contributed by atoms with van der Waals surface area (Å²) in [5.41, 5.74) is 2.88. The molecule has 3 aromatic rings. The number of amides is 1. The van der Waals surface area contributed by atoms with Crippen molar-refractivity contribution in [2.75, 3.05) is 18.1 Å². The van der Waals surface area contributed by atoms with Crippen LogP contribution in [0.25, 0.3) is 10.2 Å². The molecule has 1 atom stereocenters. The average Bonchev–Trinajstić information content (AvgIpc) is 3.35. The van der Waals surface area contributed by atoms with Crippen LogP contribution in [0.1, 0.15) is 34.3 Å². The second-order valence-electron chi connectivity index (χ2n) is 6.81. The molecular weight excluding hydrogens is 394 g/mol. The third kappa shape index (κ3) is 3.74. The quantitative estimate of drug-likeness (QED) is 0.608. The first-order valence-corrected chi connectivity index (χ1v) is 10.2. The largest absolute Gasteiger partial charge is 0.376 e. The van der Waals surface area contributed by atoms with Crippen LogP contribution in [0.3, 0.4) is 0 Å². The Hall–Kier alpha value is -2.46. The van der Waals surface area contributed by atoms with Gasteiger partial charge >= 0.3 is 0 Å². The van der Waals surface area contributed by atoms with Gasteiger partial charge in [0.05, 0.1) is 34.5 Å². The van der Waals surface area contributed by atoms with Crippen molar-refractivity contribution in [3.8, 4) is 6.07 Å². The fraction of sp³-hybridized carbons (Fsp3) is 0.286. The number of halogens is 1. The lowest BCUT2D eigenvalue weighted by Crippen LogP contribution is -2.37. The minimum atomic E-state index is -0.150. The van der Waals surface area contributed by atoms with Gasteiger partial charge in [-0.3, -0.25) is 9.69 Å². The summed E-state index contributed by atoms with van der Waals surface area (Å²) in [7, 11) is 0. The number of rotatable bonds is 4. The van der Waals surface area contributed by atoms with E-state index in [1.165, 1.54) is 11.3 Å². The van der Waals surface area contributed by atoms with Gasteiger partial charge in [-0.1, -0.05) is 22.9 Å². The number of carbonyl (C=O) groups excluding carboxylic acids is 1. The zero-order valence-corrected chi connectivity index (χ0v) is 16.9. The molecule has 0 aliphatic carbocycles. The maximum absolute atomic E-state index is 13.3. The molecular formula is C21H18ClN3O2S. The first-order chi connectivity index (χ1) is 13.5. The summed E-state index contributed by atoms with van der Waals surface area (Å²) in [6, 6.07) is 12.5. The van der Waals surface area contributed by atoms with Crippen molar-refractivity contribution in [1.29, 1.82) is 5.26 Å². The van der Waals surface area contributed by atoms with Gasteiger partial charge in [-0.2, -0.15) is 5.26 Å². The summed E-state index contributed by atoms with van der Waals surface area (Å²) in [5.74, 6) is -0.150. The van der Waals surface area contributed by atoms with Gasteiger partial charge in [-0.25, -0.2) is 4.98 Å². The van der Waals surface area contributed by atoms with Crippen LogP contribution in [0.2, 0.25) is 5.02 Å². The molecule has 2 heterocycles. The summed E-state index contributed by atoms with van der Waals surface area (Å²) < 4.78 is 6.71. The smallest absolute Gasteiger partial charge is 0.260 e. The highest BCUT2D eigenvalue weighted by Gasteiger charge is 2.27. The van der Waals surface area contributed by atoms with Crippen molar-refractivity contribution in [3.63, 3.8) is 0 Å². The number of carbonyl (C=O) groups is 1. The first kappa shape index (κ1) is 18.9. The standard InChI is InChI=1S/C21H18ClN3O2S/c1-13-9-16(22)10-18-19(13)24-21(28-18)25(12-17-3-2-8-27-17)20(26)15-6-4-14(11-23)5-7-15/h4-7,9-10,17H,2-3,8,12H2,1H3. The number of fused-ring (bicyclic) bond motifs is 1. The van der Waals surface area contributed by atoms with Crippen LogP contribution in [0.4, 0.5) is 5.13 Å². The second kappa shape index (κ2) is 7.88. The van der Waals surface area contributed by atoms with Gasteiger partial charge in [-0.15, -0.1) is 0 Å². The molecule has 1 fully saturated rings. The molecule has 7 heteroatoms. The molecule has 5 nitrogen and oxygen atoms in total. The SMILES string of the molecule is Cc1cc(Cl)cc2sc(N(CC3CCCO3)C(=O)c3ccc(C#N)cc3)nc12. The van der Waals surface area contributed by atoms with E-state index in [4.69, 9.17) is 26.6 Å². The number of aryl methyl sites for hydroxylation is 1. The highest BCUT2D eigenvalue weighted by atomic mass is 35.5. The van der Waals surface area contributed by atoms with E-state index in [9.17, 15) is 4.79 Å². The van der Waals surface area contributed by atoms with Crippen molar-refractivity contribution >= 4 is 44.2 Å². The minimum absolute atomic E-state index is 0.000899. The maximum atomic E-state index is 13.3. The third-order valence-electron chi connectivity index (χ3n) is 4.79. The first-order valence-electron chi connectivity index (χ1n) is 9.05. The lowest BCUT2D eigenvalue weighted by Gasteiger charge is -2.23. The van der Waals surface area contributed by atoms with Crippen LogP contribution in [0, 0.1) is 18.3 Å². The van der Waals surface area contributed by atoms with Crippen LogP contribution in [0.15, 0.2) is 36.4 Å². The normalized spacial score (nSPS) is 16.2. The number of ether oxygens (including phenoxy) is 1. The number of nitrogens with zero attached hydrogens (tertiary/aromatic N) is 3. The second-order valence-corrected chi connectivity index (χ2v) is 8.25. The monoisotopic (exact) mass is 411 g/mol. The molecule has 0 saturated carbocycles. The van der Waals surface area contributed by atoms with E-state index in [1.807, 2.05) is 19.1 Å². The highest BCUT2D eigenvalue weighted by molar-refractivity contribution is 7.22. The Balaban J connectivity index is 1.73. The Morgan fingerprint density at radius 3 is 2.86 bits per heavy atom. The molecule has 0 N–H and O–H groups in total. The molecule has 4 rings (SSSR count). The van der Waals surface area contributed by atoms with Crippen LogP contribution >= 0.6 is 22.9 Å². The zero-order chi connectivity index (χ0) is 19.7. The fourth-order valence-corrected chi connectivity index (χ4v) is 4.77. The minimum Gasteiger partial charge on any atom is -0.376 e. The predicted molar refractivity (Wildman–Crippen MR) is 111 cm³/mol. The summed E-state index contributed by atoms with van der Waals surface area (Å²) in [5, 5.41) is 10.3. The van der Waals surface area contributed by atoms with Crippen molar-refractivity contribution in [2.45, 2.75) is 25.9 Å². The van der Waals surface area contributed by atoms with Crippen molar-refractivity contribution in [2.24, 2.45) is 0 Å².